The number of carbonyl (C=O) groups excluding carboxylic acids is 1. The van der Waals surface area contributed by atoms with Gasteiger partial charge in [0.1, 0.15) is 6.26 Å². The Kier molecular flexibility index (Phi) is 4.98. The van der Waals surface area contributed by atoms with Crippen molar-refractivity contribution < 1.29 is 13.9 Å². The van der Waals surface area contributed by atoms with Crippen LogP contribution in [-0.2, 0) is 4.74 Å². The van der Waals surface area contributed by atoms with Crippen molar-refractivity contribution in [3.05, 3.63) is 17.8 Å². The highest BCUT2D eigenvalue weighted by Crippen LogP contribution is 1.99. The minimum Gasteiger partial charge on any atom is -0.448 e. The molecule has 0 aliphatic rings. The lowest BCUT2D eigenvalue weighted by molar-refractivity contribution is 0.0756. The van der Waals surface area contributed by atoms with E-state index in [2.05, 4.69) is 10.3 Å². The Labute approximate surface area is 95.2 Å². The minimum atomic E-state index is -0.207. The minimum absolute atomic E-state index is 0.207. The zero-order valence-corrected chi connectivity index (χ0v) is 9.95. The van der Waals surface area contributed by atoms with Gasteiger partial charge in [-0.3, -0.25) is 4.79 Å². The Morgan fingerprint density at radius 1 is 1.62 bits per heavy atom. The fourth-order valence-corrected chi connectivity index (χ4v) is 1.15. The van der Waals surface area contributed by atoms with Crippen LogP contribution in [0.2, 0.25) is 0 Å². The highest BCUT2D eigenvalue weighted by Gasteiger charge is 2.09. The molecule has 0 radical (unpaired) electrons. The lowest BCUT2D eigenvalue weighted by Crippen LogP contribution is -2.25. The Morgan fingerprint density at radius 2 is 2.38 bits per heavy atom. The molecule has 0 spiro atoms. The summed E-state index contributed by atoms with van der Waals surface area (Å²) in [5.41, 5.74) is 0.322. The zero-order valence-electron chi connectivity index (χ0n) is 9.95. The molecule has 0 aromatic carbocycles. The SMILES string of the molecule is Cc1nc(C(=O)NCCCOC(C)C)co1. The van der Waals surface area contributed by atoms with Crippen LogP contribution in [0.5, 0.6) is 0 Å². The number of carbonyl (C=O) groups is 1. The Balaban J connectivity index is 2.16. The standard InChI is InChI=1S/C11H18N2O3/c1-8(2)15-6-4-5-12-11(14)10-7-16-9(3)13-10/h7-8H,4-6H2,1-3H3,(H,12,14). The van der Waals surface area contributed by atoms with Crippen molar-refractivity contribution in [3.63, 3.8) is 0 Å². The van der Waals surface area contributed by atoms with Crippen molar-refractivity contribution in [1.29, 1.82) is 0 Å². The topological polar surface area (TPSA) is 64.4 Å². The first-order chi connectivity index (χ1) is 7.59. The van der Waals surface area contributed by atoms with E-state index in [1.807, 2.05) is 13.8 Å². The molecular weight excluding hydrogens is 208 g/mol. The number of ether oxygens (including phenoxy) is 1. The van der Waals surface area contributed by atoms with Gasteiger partial charge in [-0.25, -0.2) is 4.98 Å². The van der Waals surface area contributed by atoms with Crippen LogP contribution in [-0.4, -0.2) is 30.1 Å². The fourth-order valence-electron chi connectivity index (χ4n) is 1.15. The number of aromatic nitrogens is 1. The van der Waals surface area contributed by atoms with Gasteiger partial charge in [-0.1, -0.05) is 0 Å². The molecule has 1 rings (SSSR count). The summed E-state index contributed by atoms with van der Waals surface area (Å²) in [5.74, 6) is 0.287. The van der Waals surface area contributed by atoms with E-state index >= 15 is 0 Å². The van der Waals surface area contributed by atoms with Crippen LogP contribution in [0.25, 0.3) is 0 Å². The van der Waals surface area contributed by atoms with Crippen LogP contribution >= 0.6 is 0 Å². The molecular formula is C11H18N2O3. The van der Waals surface area contributed by atoms with Gasteiger partial charge >= 0.3 is 0 Å². The molecule has 1 aromatic heterocycles. The largest absolute Gasteiger partial charge is 0.448 e. The van der Waals surface area contributed by atoms with E-state index in [1.165, 1.54) is 6.26 Å². The molecule has 0 saturated heterocycles. The molecule has 5 nitrogen and oxygen atoms in total. The Hall–Kier alpha value is -1.36. The number of amides is 1. The van der Waals surface area contributed by atoms with E-state index in [4.69, 9.17) is 9.15 Å². The summed E-state index contributed by atoms with van der Waals surface area (Å²) >= 11 is 0. The molecule has 0 atom stereocenters. The maximum absolute atomic E-state index is 11.5. The molecule has 0 fully saturated rings. The number of hydrogen-bond acceptors (Lipinski definition) is 4. The molecule has 0 aliphatic carbocycles. The third-order valence-electron chi connectivity index (χ3n) is 1.91. The smallest absolute Gasteiger partial charge is 0.273 e. The normalized spacial score (nSPS) is 10.8. The third kappa shape index (κ3) is 4.44. The van der Waals surface area contributed by atoms with Gasteiger partial charge in [0, 0.05) is 20.1 Å². The van der Waals surface area contributed by atoms with E-state index in [1.54, 1.807) is 6.92 Å². The lowest BCUT2D eigenvalue weighted by atomic mass is 10.4. The number of nitrogens with zero attached hydrogens (tertiary/aromatic N) is 1. The van der Waals surface area contributed by atoms with Crippen LogP contribution in [0.3, 0.4) is 0 Å². The van der Waals surface area contributed by atoms with Crippen molar-refractivity contribution in [1.82, 2.24) is 10.3 Å². The highest BCUT2D eigenvalue weighted by atomic mass is 16.5. The molecule has 16 heavy (non-hydrogen) atoms. The van der Waals surface area contributed by atoms with Crippen LogP contribution < -0.4 is 5.32 Å². The van der Waals surface area contributed by atoms with E-state index in [0.29, 0.717) is 24.7 Å². The van der Waals surface area contributed by atoms with Crippen LogP contribution in [0.15, 0.2) is 10.7 Å². The van der Waals surface area contributed by atoms with Crippen molar-refractivity contribution >= 4 is 5.91 Å². The zero-order chi connectivity index (χ0) is 12.0. The van der Waals surface area contributed by atoms with Gasteiger partial charge in [0.2, 0.25) is 0 Å². The van der Waals surface area contributed by atoms with Crippen LogP contribution in [0.4, 0.5) is 0 Å². The maximum atomic E-state index is 11.5. The first-order valence-electron chi connectivity index (χ1n) is 5.41. The first-order valence-corrected chi connectivity index (χ1v) is 5.41. The van der Waals surface area contributed by atoms with Gasteiger partial charge < -0.3 is 14.5 Å². The Morgan fingerprint density at radius 3 is 2.94 bits per heavy atom. The van der Waals surface area contributed by atoms with Gasteiger partial charge in [0.05, 0.1) is 6.10 Å². The number of hydrogen-bond donors (Lipinski definition) is 1. The van der Waals surface area contributed by atoms with Gasteiger partial charge in [0.15, 0.2) is 11.6 Å². The van der Waals surface area contributed by atoms with E-state index < -0.39 is 0 Å². The van der Waals surface area contributed by atoms with Crippen LogP contribution in [0, 0.1) is 6.92 Å². The maximum Gasteiger partial charge on any atom is 0.273 e. The monoisotopic (exact) mass is 226 g/mol. The van der Waals surface area contributed by atoms with Gasteiger partial charge in [-0.15, -0.1) is 0 Å². The molecule has 0 unspecified atom stereocenters. The number of rotatable bonds is 6. The summed E-state index contributed by atoms with van der Waals surface area (Å²) in [6, 6.07) is 0. The van der Waals surface area contributed by atoms with Gasteiger partial charge in [-0.05, 0) is 20.3 Å². The quantitative estimate of drug-likeness (QED) is 0.747. The lowest BCUT2D eigenvalue weighted by Gasteiger charge is -2.07. The predicted octanol–water partition coefficient (Wildman–Crippen LogP) is 1.53. The molecule has 0 saturated carbocycles. The van der Waals surface area contributed by atoms with E-state index in [-0.39, 0.29) is 12.0 Å². The summed E-state index contributed by atoms with van der Waals surface area (Å²) in [5, 5.41) is 2.74. The number of nitrogens with one attached hydrogen (secondary N) is 1. The highest BCUT2D eigenvalue weighted by molar-refractivity contribution is 5.91. The second-order valence-electron chi connectivity index (χ2n) is 3.78. The van der Waals surface area contributed by atoms with Gasteiger partial charge in [0.25, 0.3) is 5.91 Å². The predicted molar refractivity (Wildman–Crippen MR) is 59.3 cm³/mol. The van der Waals surface area contributed by atoms with Crippen molar-refractivity contribution in [3.8, 4) is 0 Å². The molecule has 1 heterocycles. The summed E-state index contributed by atoms with van der Waals surface area (Å²) in [6.07, 6.45) is 2.38. The Bertz CT molecular complexity index is 334. The molecule has 5 heteroatoms. The van der Waals surface area contributed by atoms with Gasteiger partial charge in [-0.2, -0.15) is 0 Å². The summed E-state index contributed by atoms with van der Waals surface area (Å²) in [4.78, 5) is 15.4. The first kappa shape index (κ1) is 12.7. The molecule has 0 bridgehead atoms. The van der Waals surface area contributed by atoms with Crippen molar-refractivity contribution in [2.24, 2.45) is 0 Å². The molecule has 0 aliphatic heterocycles. The fraction of sp³-hybridized carbons (Fsp3) is 0.636. The van der Waals surface area contributed by atoms with Crippen molar-refractivity contribution in [2.45, 2.75) is 33.3 Å². The molecule has 90 valence electrons. The summed E-state index contributed by atoms with van der Waals surface area (Å²) in [7, 11) is 0. The van der Waals surface area contributed by atoms with E-state index in [0.717, 1.165) is 6.42 Å². The molecule has 1 aromatic rings. The molecule has 1 amide bonds. The van der Waals surface area contributed by atoms with E-state index in [9.17, 15) is 4.79 Å². The molecule has 1 N–H and O–H groups in total. The van der Waals surface area contributed by atoms with Crippen LogP contribution in [0.1, 0.15) is 36.6 Å². The number of oxazole rings is 1. The van der Waals surface area contributed by atoms with Crippen molar-refractivity contribution in [2.75, 3.05) is 13.2 Å². The summed E-state index contributed by atoms with van der Waals surface area (Å²) < 4.78 is 10.3. The number of aryl methyl sites for hydroxylation is 1. The average molecular weight is 226 g/mol. The second kappa shape index (κ2) is 6.27. The summed E-state index contributed by atoms with van der Waals surface area (Å²) in [6.45, 7) is 6.90. The second-order valence-corrected chi connectivity index (χ2v) is 3.78. The third-order valence-corrected chi connectivity index (χ3v) is 1.91. The average Bonchev–Trinajstić information content (AvgIpc) is 2.63.